The van der Waals surface area contributed by atoms with Gasteiger partial charge < -0.3 is 10.2 Å². The molecule has 1 heterocycles. The van der Waals surface area contributed by atoms with Crippen LogP contribution in [0.15, 0.2) is 12.2 Å². The molecule has 1 aliphatic rings. The van der Waals surface area contributed by atoms with Gasteiger partial charge in [0, 0.05) is 19.1 Å². The van der Waals surface area contributed by atoms with Crippen molar-refractivity contribution < 1.29 is 0 Å². The average molecular weight is 210 g/mol. The lowest BCUT2D eigenvalue weighted by Crippen LogP contribution is -2.41. The maximum absolute atomic E-state index is 4.02. The van der Waals surface area contributed by atoms with Crippen LogP contribution in [0.1, 0.15) is 39.5 Å². The Balaban J connectivity index is 2.11. The van der Waals surface area contributed by atoms with Crippen molar-refractivity contribution in [3.8, 4) is 0 Å². The van der Waals surface area contributed by atoms with Gasteiger partial charge >= 0.3 is 0 Å². The molecule has 0 saturated carbocycles. The molecule has 1 atom stereocenters. The van der Waals surface area contributed by atoms with Gasteiger partial charge in [0.2, 0.25) is 0 Å². The summed E-state index contributed by atoms with van der Waals surface area (Å²) in [7, 11) is 0. The van der Waals surface area contributed by atoms with Gasteiger partial charge in [0.1, 0.15) is 0 Å². The van der Waals surface area contributed by atoms with Crippen molar-refractivity contribution in [2.24, 2.45) is 0 Å². The maximum Gasteiger partial charge on any atom is 0.0169 e. The van der Waals surface area contributed by atoms with Crippen LogP contribution < -0.4 is 5.32 Å². The fourth-order valence-corrected chi connectivity index (χ4v) is 2.04. The lowest BCUT2D eigenvalue weighted by Gasteiger charge is -2.29. The second kappa shape index (κ2) is 7.02. The molecule has 1 saturated heterocycles. The van der Waals surface area contributed by atoms with E-state index in [0.717, 1.165) is 13.0 Å². The van der Waals surface area contributed by atoms with Crippen molar-refractivity contribution in [1.82, 2.24) is 10.2 Å². The summed E-state index contributed by atoms with van der Waals surface area (Å²) < 4.78 is 0. The molecule has 0 aromatic heterocycles. The van der Waals surface area contributed by atoms with Crippen LogP contribution in [-0.4, -0.2) is 37.1 Å². The Kier molecular flexibility index (Phi) is 5.96. The lowest BCUT2D eigenvalue weighted by atomic mass is 10.1. The molecular weight excluding hydrogens is 184 g/mol. The number of likely N-dealkylation sites (tertiary alicyclic amines) is 1. The Morgan fingerprint density at radius 3 is 2.60 bits per heavy atom. The summed E-state index contributed by atoms with van der Waals surface area (Å²) in [5, 5.41) is 3.54. The highest BCUT2D eigenvalue weighted by Crippen LogP contribution is 2.08. The highest BCUT2D eigenvalue weighted by atomic mass is 15.1. The van der Waals surface area contributed by atoms with E-state index in [2.05, 4.69) is 30.6 Å². The van der Waals surface area contributed by atoms with Crippen molar-refractivity contribution in [2.45, 2.75) is 45.6 Å². The van der Waals surface area contributed by atoms with E-state index in [1.807, 2.05) is 0 Å². The fourth-order valence-electron chi connectivity index (χ4n) is 2.04. The van der Waals surface area contributed by atoms with Gasteiger partial charge in [-0.1, -0.05) is 25.5 Å². The molecule has 0 bridgehead atoms. The van der Waals surface area contributed by atoms with E-state index in [9.17, 15) is 0 Å². The van der Waals surface area contributed by atoms with E-state index < -0.39 is 0 Å². The van der Waals surface area contributed by atoms with Crippen LogP contribution in [0.25, 0.3) is 0 Å². The molecule has 15 heavy (non-hydrogen) atoms. The van der Waals surface area contributed by atoms with E-state index >= 15 is 0 Å². The van der Waals surface area contributed by atoms with Gasteiger partial charge in [-0.3, -0.25) is 0 Å². The predicted molar refractivity (Wildman–Crippen MR) is 67.2 cm³/mol. The van der Waals surface area contributed by atoms with Crippen molar-refractivity contribution in [3.05, 3.63) is 12.2 Å². The molecule has 1 N–H and O–H groups in total. The molecule has 88 valence electrons. The smallest absolute Gasteiger partial charge is 0.0169 e. The third-order valence-corrected chi connectivity index (χ3v) is 3.18. The van der Waals surface area contributed by atoms with E-state index in [1.165, 1.54) is 44.5 Å². The normalized spacial score (nSPS) is 20.1. The summed E-state index contributed by atoms with van der Waals surface area (Å²) in [6, 6.07) is 0.589. The van der Waals surface area contributed by atoms with Crippen LogP contribution in [0, 0.1) is 0 Å². The molecule has 0 amide bonds. The molecule has 1 unspecified atom stereocenters. The largest absolute Gasteiger partial charge is 0.309 e. The van der Waals surface area contributed by atoms with Gasteiger partial charge in [0.25, 0.3) is 0 Å². The summed E-state index contributed by atoms with van der Waals surface area (Å²) in [6.45, 7) is 13.2. The van der Waals surface area contributed by atoms with Crippen LogP contribution in [0.5, 0.6) is 0 Å². The van der Waals surface area contributed by atoms with E-state index in [4.69, 9.17) is 0 Å². The molecule has 0 aliphatic carbocycles. The minimum atomic E-state index is 0.589. The number of piperidine rings is 1. The minimum Gasteiger partial charge on any atom is -0.309 e. The maximum atomic E-state index is 4.02. The Bertz CT molecular complexity index is 183. The van der Waals surface area contributed by atoms with Crippen molar-refractivity contribution >= 4 is 0 Å². The molecule has 0 aromatic carbocycles. The van der Waals surface area contributed by atoms with E-state index in [-0.39, 0.29) is 0 Å². The summed E-state index contributed by atoms with van der Waals surface area (Å²) in [5.41, 5.74) is 1.31. The predicted octanol–water partition coefficient (Wildman–Crippen LogP) is 2.42. The number of hydrogen-bond acceptors (Lipinski definition) is 2. The van der Waals surface area contributed by atoms with Gasteiger partial charge in [0.15, 0.2) is 0 Å². The van der Waals surface area contributed by atoms with E-state index in [1.54, 1.807) is 0 Å². The van der Waals surface area contributed by atoms with Crippen molar-refractivity contribution in [2.75, 3.05) is 26.2 Å². The Morgan fingerprint density at radius 2 is 2.00 bits per heavy atom. The van der Waals surface area contributed by atoms with Crippen LogP contribution in [-0.2, 0) is 0 Å². The molecule has 2 heteroatoms. The fraction of sp³-hybridized carbons (Fsp3) is 0.846. The zero-order chi connectivity index (χ0) is 11.1. The third-order valence-electron chi connectivity index (χ3n) is 3.18. The van der Waals surface area contributed by atoms with Crippen molar-refractivity contribution in [1.29, 1.82) is 0 Å². The summed E-state index contributed by atoms with van der Waals surface area (Å²) in [4.78, 5) is 2.58. The van der Waals surface area contributed by atoms with Crippen LogP contribution in [0.2, 0.25) is 0 Å². The first-order chi connectivity index (χ1) is 7.22. The van der Waals surface area contributed by atoms with Gasteiger partial charge in [0.05, 0.1) is 0 Å². The highest BCUT2D eigenvalue weighted by Gasteiger charge is 2.12. The summed E-state index contributed by atoms with van der Waals surface area (Å²) >= 11 is 0. The molecule has 2 nitrogen and oxygen atoms in total. The molecule has 1 aliphatic heterocycles. The molecule has 1 fully saturated rings. The average Bonchev–Trinajstić information content (AvgIpc) is 2.27. The van der Waals surface area contributed by atoms with Crippen LogP contribution >= 0.6 is 0 Å². The first-order valence-electron chi connectivity index (χ1n) is 6.34. The van der Waals surface area contributed by atoms with Crippen LogP contribution in [0.3, 0.4) is 0 Å². The van der Waals surface area contributed by atoms with Gasteiger partial charge in [-0.15, -0.1) is 0 Å². The minimum absolute atomic E-state index is 0.589. The van der Waals surface area contributed by atoms with Gasteiger partial charge in [-0.05, 0) is 39.3 Å². The second-order valence-electron chi connectivity index (χ2n) is 4.75. The first kappa shape index (κ1) is 12.7. The Morgan fingerprint density at radius 1 is 1.33 bits per heavy atom. The number of nitrogens with zero attached hydrogens (tertiary/aromatic N) is 1. The molecule has 0 radical (unpaired) electrons. The molecular formula is C13H26N2. The quantitative estimate of drug-likeness (QED) is 0.677. The number of rotatable bonds is 6. The summed E-state index contributed by atoms with van der Waals surface area (Å²) in [5.74, 6) is 0. The van der Waals surface area contributed by atoms with Crippen molar-refractivity contribution in [3.63, 3.8) is 0 Å². The second-order valence-corrected chi connectivity index (χ2v) is 4.75. The standard InChI is InChI=1S/C13H26N2/c1-4-12(2)10-14-13(3)11-15-8-6-5-7-9-15/h13-14H,2,4-11H2,1,3H3. The zero-order valence-corrected chi connectivity index (χ0v) is 10.4. The number of nitrogens with one attached hydrogen (secondary N) is 1. The Hall–Kier alpha value is -0.340. The van der Waals surface area contributed by atoms with E-state index in [0.29, 0.717) is 6.04 Å². The monoisotopic (exact) mass is 210 g/mol. The summed E-state index contributed by atoms with van der Waals surface area (Å²) in [6.07, 6.45) is 5.27. The third kappa shape index (κ3) is 5.33. The number of hydrogen-bond donors (Lipinski definition) is 1. The lowest BCUT2D eigenvalue weighted by molar-refractivity contribution is 0.210. The Labute approximate surface area is 94.7 Å². The molecule has 0 aromatic rings. The van der Waals surface area contributed by atoms with Crippen LogP contribution in [0.4, 0.5) is 0 Å². The molecule has 0 spiro atoms. The molecule has 1 rings (SSSR count). The first-order valence-corrected chi connectivity index (χ1v) is 6.34. The zero-order valence-electron chi connectivity index (χ0n) is 10.4. The highest BCUT2D eigenvalue weighted by molar-refractivity contribution is 4.95. The van der Waals surface area contributed by atoms with Gasteiger partial charge in [-0.25, -0.2) is 0 Å². The topological polar surface area (TPSA) is 15.3 Å². The van der Waals surface area contributed by atoms with Gasteiger partial charge in [-0.2, -0.15) is 0 Å². The SMILES string of the molecule is C=C(CC)CNC(C)CN1CCCCC1.